The fraction of sp³-hybridized carbons (Fsp3) is 0.333. The molecule has 6 nitrogen and oxygen atoms in total. The molecule has 2 heterocycles. The molecule has 32 heavy (non-hydrogen) atoms. The number of hydrogen-bond acceptors (Lipinski definition) is 6. The highest BCUT2D eigenvalue weighted by atomic mass is 127. The molecule has 0 unspecified atom stereocenters. The first-order valence-corrected chi connectivity index (χ1v) is 12.5. The molecule has 4 rings (SSSR count). The first kappa shape index (κ1) is 22.8. The molecule has 8 heteroatoms. The topological polar surface area (TPSA) is 77.8 Å². The maximum absolute atomic E-state index is 12.8. The Labute approximate surface area is 204 Å². The molecule has 2 aromatic heterocycles. The van der Waals surface area contributed by atoms with Crippen molar-refractivity contribution in [3.8, 4) is 5.75 Å². The number of fused-ring (bicyclic) bond motifs is 1. The van der Waals surface area contributed by atoms with Crippen LogP contribution in [-0.2, 0) is 24.2 Å². The van der Waals surface area contributed by atoms with Crippen LogP contribution in [0.1, 0.15) is 63.3 Å². The predicted molar refractivity (Wildman–Crippen MR) is 132 cm³/mol. The van der Waals surface area contributed by atoms with Gasteiger partial charge in [0.15, 0.2) is 5.76 Å². The number of aryl methyl sites for hydroxylation is 1. The standard InChI is InChI=1S/C24H24INO5S/c1-2-13-29-24(28)21-18-5-3-4-6-20(18)32-23(21)26-22(27)19-12-11-17(31-19)14-30-16-9-7-15(25)8-10-16/h7-12H,2-6,13-14H2,1H3,(H,26,27). The Morgan fingerprint density at radius 1 is 1.12 bits per heavy atom. The summed E-state index contributed by atoms with van der Waals surface area (Å²) in [6.07, 6.45) is 4.63. The lowest BCUT2D eigenvalue weighted by Crippen LogP contribution is -2.15. The van der Waals surface area contributed by atoms with Gasteiger partial charge in [0, 0.05) is 8.45 Å². The summed E-state index contributed by atoms with van der Waals surface area (Å²) in [7, 11) is 0. The molecule has 1 N–H and O–H groups in total. The second-order valence-electron chi connectivity index (χ2n) is 7.51. The Kier molecular flexibility index (Phi) is 7.51. The molecular weight excluding hydrogens is 541 g/mol. The van der Waals surface area contributed by atoms with Crippen LogP contribution in [0.15, 0.2) is 40.8 Å². The maximum atomic E-state index is 12.8. The van der Waals surface area contributed by atoms with Crippen molar-refractivity contribution < 1.29 is 23.5 Å². The van der Waals surface area contributed by atoms with Crippen molar-refractivity contribution in [1.29, 1.82) is 0 Å². The smallest absolute Gasteiger partial charge is 0.341 e. The second-order valence-corrected chi connectivity index (χ2v) is 9.86. The highest BCUT2D eigenvalue weighted by molar-refractivity contribution is 14.1. The van der Waals surface area contributed by atoms with Crippen LogP contribution in [0.25, 0.3) is 0 Å². The molecule has 0 aliphatic heterocycles. The summed E-state index contributed by atoms with van der Waals surface area (Å²) in [4.78, 5) is 26.7. The van der Waals surface area contributed by atoms with Gasteiger partial charge in [-0.15, -0.1) is 11.3 Å². The Morgan fingerprint density at radius 3 is 2.69 bits per heavy atom. The molecule has 3 aromatic rings. The molecule has 0 bridgehead atoms. The summed E-state index contributed by atoms with van der Waals surface area (Å²) < 4.78 is 17.9. The average molecular weight is 565 g/mol. The highest BCUT2D eigenvalue weighted by Crippen LogP contribution is 2.39. The van der Waals surface area contributed by atoms with Gasteiger partial charge in [-0.1, -0.05) is 6.92 Å². The number of carbonyl (C=O) groups is 2. The summed E-state index contributed by atoms with van der Waals surface area (Å²) >= 11 is 3.70. The lowest BCUT2D eigenvalue weighted by Gasteiger charge is -2.12. The van der Waals surface area contributed by atoms with E-state index in [4.69, 9.17) is 13.9 Å². The third kappa shape index (κ3) is 5.35. The third-order valence-corrected chi connectivity index (χ3v) is 7.05. The number of nitrogens with one attached hydrogen (secondary N) is 1. The van der Waals surface area contributed by atoms with Gasteiger partial charge < -0.3 is 19.2 Å². The minimum atomic E-state index is -0.395. The van der Waals surface area contributed by atoms with E-state index < -0.39 is 5.91 Å². The SMILES string of the molecule is CCCOC(=O)c1c(NC(=O)c2ccc(COc3ccc(I)cc3)o2)sc2c1CCCC2. The predicted octanol–water partition coefficient (Wildman–Crippen LogP) is 6.22. The van der Waals surface area contributed by atoms with E-state index in [0.717, 1.165) is 51.9 Å². The van der Waals surface area contributed by atoms with Gasteiger partial charge in [-0.05, 0) is 96.7 Å². The average Bonchev–Trinajstić information content (AvgIpc) is 3.41. The Hall–Kier alpha value is -2.33. The molecule has 1 aromatic carbocycles. The summed E-state index contributed by atoms with van der Waals surface area (Å²) in [5, 5.41) is 3.42. The Bertz CT molecular complexity index is 1100. The van der Waals surface area contributed by atoms with Crippen LogP contribution in [0.2, 0.25) is 0 Å². The van der Waals surface area contributed by atoms with Crippen LogP contribution in [0.5, 0.6) is 5.75 Å². The molecule has 1 aliphatic carbocycles. The number of benzene rings is 1. The van der Waals surface area contributed by atoms with Crippen LogP contribution in [-0.4, -0.2) is 18.5 Å². The minimum Gasteiger partial charge on any atom is -0.486 e. The van der Waals surface area contributed by atoms with Gasteiger partial charge in [0.1, 0.15) is 23.1 Å². The van der Waals surface area contributed by atoms with Gasteiger partial charge in [-0.2, -0.15) is 0 Å². The van der Waals surface area contributed by atoms with Gasteiger partial charge in [0.05, 0.1) is 12.2 Å². The van der Waals surface area contributed by atoms with E-state index in [-0.39, 0.29) is 18.3 Å². The monoisotopic (exact) mass is 565 g/mol. The third-order valence-electron chi connectivity index (χ3n) is 5.12. The molecule has 0 saturated heterocycles. The van der Waals surface area contributed by atoms with Gasteiger partial charge in [-0.25, -0.2) is 4.79 Å². The maximum Gasteiger partial charge on any atom is 0.341 e. The van der Waals surface area contributed by atoms with E-state index in [1.54, 1.807) is 12.1 Å². The van der Waals surface area contributed by atoms with Crippen LogP contribution < -0.4 is 10.1 Å². The van der Waals surface area contributed by atoms with E-state index in [9.17, 15) is 9.59 Å². The minimum absolute atomic E-state index is 0.172. The molecule has 1 aliphatic rings. The van der Waals surface area contributed by atoms with E-state index in [1.807, 2.05) is 31.2 Å². The highest BCUT2D eigenvalue weighted by Gasteiger charge is 2.28. The van der Waals surface area contributed by atoms with Crippen molar-refractivity contribution in [2.75, 3.05) is 11.9 Å². The van der Waals surface area contributed by atoms with E-state index in [2.05, 4.69) is 27.9 Å². The van der Waals surface area contributed by atoms with Crippen LogP contribution in [0.3, 0.4) is 0 Å². The van der Waals surface area contributed by atoms with Crippen molar-refractivity contribution in [3.05, 3.63) is 67.5 Å². The molecule has 0 spiro atoms. The summed E-state index contributed by atoms with van der Waals surface area (Å²) in [5.41, 5.74) is 1.52. The van der Waals surface area contributed by atoms with Crippen LogP contribution in [0.4, 0.5) is 5.00 Å². The number of esters is 1. The van der Waals surface area contributed by atoms with Crippen molar-refractivity contribution in [3.63, 3.8) is 0 Å². The van der Waals surface area contributed by atoms with Gasteiger partial charge in [0.25, 0.3) is 5.91 Å². The number of carbonyl (C=O) groups excluding carboxylic acids is 2. The second kappa shape index (κ2) is 10.5. The van der Waals surface area contributed by atoms with E-state index >= 15 is 0 Å². The first-order chi connectivity index (χ1) is 15.5. The number of anilines is 1. The van der Waals surface area contributed by atoms with Crippen molar-refractivity contribution in [1.82, 2.24) is 0 Å². The normalized spacial score (nSPS) is 12.8. The lowest BCUT2D eigenvalue weighted by atomic mass is 9.95. The number of hydrogen-bond donors (Lipinski definition) is 1. The van der Waals surface area contributed by atoms with Crippen LogP contribution in [0, 0.1) is 3.57 Å². The quantitative estimate of drug-likeness (QED) is 0.259. The molecule has 168 valence electrons. The number of rotatable bonds is 8. The molecule has 0 saturated carbocycles. The zero-order valence-electron chi connectivity index (χ0n) is 17.7. The molecular formula is C24H24INO5S. The summed E-state index contributed by atoms with van der Waals surface area (Å²) in [5.74, 6) is 0.681. The Morgan fingerprint density at radius 2 is 1.91 bits per heavy atom. The molecule has 0 radical (unpaired) electrons. The number of thiophene rings is 1. The fourth-order valence-corrected chi connectivity index (χ4v) is 5.20. The zero-order valence-corrected chi connectivity index (χ0v) is 20.7. The van der Waals surface area contributed by atoms with Gasteiger partial charge >= 0.3 is 5.97 Å². The zero-order chi connectivity index (χ0) is 22.5. The number of halogens is 1. The summed E-state index contributed by atoms with van der Waals surface area (Å²) in [6.45, 7) is 2.53. The van der Waals surface area contributed by atoms with Crippen molar-refractivity contribution in [2.45, 2.75) is 45.6 Å². The number of furan rings is 1. The lowest BCUT2D eigenvalue weighted by molar-refractivity contribution is 0.0505. The van der Waals surface area contributed by atoms with Crippen molar-refractivity contribution >= 4 is 50.8 Å². The molecule has 0 fully saturated rings. The largest absolute Gasteiger partial charge is 0.486 e. The van der Waals surface area contributed by atoms with Crippen LogP contribution >= 0.6 is 33.9 Å². The number of amides is 1. The van der Waals surface area contributed by atoms with E-state index in [1.165, 1.54) is 11.3 Å². The number of ether oxygens (including phenoxy) is 2. The van der Waals surface area contributed by atoms with E-state index in [0.29, 0.717) is 22.9 Å². The van der Waals surface area contributed by atoms with Gasteiger partial charge in [-0.3, -0.25) is 4.79 Å². The van der Waals surface area contributed by atoms with Gasteiger partial charge in [0.2, 0.25) is 0 Å². The Balaban J connectivity index is 1.46. The fourth-order valence-electron chi connectivity index (χ4n) is 3.56. The molecule has 1 amide bonds. The van der Waals surface area contributed by atoms with Crippen molar-refractivity contribution in [2.24, 2.45) is 0 Å². The molecule has 0 atom stereocenters. The summed E-state index contributed by atoms with van der Waals surface area (Å²) in [6, 6.07) is 11.0. The first-order valence-electron chi connectivity index (χ1n) is 10.6.